The van der Waals surface area contributed by atoms with Crippen molar-refractivity contribution < 1.29 is 9.53 Å². The summed E-state index contributed by atoms with van der Waals surface area (Å²) >= 11 is 0. The second kappa shape index (κ2) is 7.77. The molecule has 0 aliphatic heterocycles. The van der Waals surface area contributed by atoms with Crippen LogP contribution in [-0.2, 0) is 11.2 Å². The van der Waals surface area contributed by atoms with E-state index in [2.05, 4.69) is 32.0 Å². The number of amides is 1. The van der Waals surface area contributed by atoms with Crippen LogP contribution in [0.5, 0.6) is 5.75 Å². The number of methoxy groups -OCH3 is 1. The van der Waals surface area contributed by atoms with Gasteiger partial charge in [0.2, 0.25) is 5.91 Å². The molecule has 0 spiro atoms. The van der Waals surface area contributed by atoms with Gasteiger partial charge >= 0.3 is 0 Å². The van der Waals surface area contributed by atoms with Crippen LogP contribution in [0.1, 0.15) is 28.4 Å². The molecule has 1 heterocycles. The summed E-state index contributed by atoms with van der Waals surface area (Å²) in [5.41, 5.74) is 3.79. The first kappa shape index (κ1) is 17.6. The Kier molecular flexibility index (Phi) is 5.26. The summed E-state index contributed by atoms with van der Waals surface area (Å²) in [6, 6.07) is 13.5. The summed E-state index contributed by atoms with van der Waals surface area (Å²) in [5, 5.41) is 17.8. The van der Waals surface area contributed by atoms with Crippen LogP contribution in [0.2, 0.25) is 0 Å². The molecule has 0 bridgehead atoms. The fraction of sp³-hybridized carbons (Fsp3) is 0.263. The number of nitrogens with zero attached hydrogens (tertiary/aromatic N) is 4. The van der Waals surface area contributed by atoms with E-state index in [0.717, 1.165) is 22.4 Å². The fourth-order valence-electron chi connectivity index (χ4n) is 2.96. The number of aromatic nitrogens is 4. The number of benzene rings is 2. The Bertz CT molecular complexity index is 872. The van der Waals surface area contributed by atoms with Gasteiger partial charge < -0.3 is 15.2 Å². The molecule has 0 unspecified atom stereocenters. The number of hydrogen-bond donors (Lipinski definition) is 1. The number of carbonyl (C=O) groups is 1. The van der Waals surface area contributed by atoms with Gasteiger partial charge in [0.15, 0.2) is 0 Å². The van der Waals surface area contributed by atoms with Crippen LogP contribution in [0.3, 0.4) is 0 Å². The summed E-state index contributed by atoms with van der Waals surface area (Å²) in [7, 11) is 1.60. The highest BCUT2D eigenvalue weighted by Gasteiger charge is 2.22. The SMILES string of the molecule is COc1ccccc1C[C@H](C(=O)Nc1cc(C)cc(C)c1)c1nnn[n-]1. The molecule has 134 valence electrons. The molecule has 2 aromatic carbocycles. The van der Waals surface area contributed by atoms with E-state index in [0.29, 0.717) is 12.2 Å². The summed E-state index contributed by atoms with van der Waals surface area (Å²) in [6.45, 7) is 3.98. The molecule has 3 rings (SSSR count). The molecule has 7 heteroatoms. The number of tetrazole rings is 1. The van der Waals surface area contributed by atoms with E-state index in [1.165, 1.54) is 0 Å². The van der Waals surface area contributed by atoms with Crippen LogP contribution in [0.25, 0.3) is 0 Å². The minimum atomic E-state index is -0.623. The third kappa shape index (κ3) is 4.05. The van der Waals surface area contributed by atoms with Crippen LogP contribution in [0.15, 0.2) is 42.5 Å². The summed E-state index contributed by atoms with van der Waals surface area (Å²) in [6.07, 6.45) is 0.383. The van der Waals surface area contributed by atoms with Crippen molar-refractivity contribution in [1.29, 1.82) is 0 Å². The second-order valence-electron chi connectivity index (χ2n) is 6.17. The zero-order chi connectivity index (χ0) is 18.5. The van der Waals surface area contributed by atoms with E-state index in [1.54, 1.807) is 7.11 Å². The second-order valence-corrected chi connectivity index (χ2v) is 6.17. The van der Waals surface area contributed by atoms with E-state index in [4.69, 9.17) is 4.74 Å². The predicted molar refractivity (Wildman–Crippen MR) is 97.1 cm³/mol. The Morgan fingerprint density at radius 3 is 2.58 bits per heavy atom. The Morgan fingerprint density at radius 1 is 1.19 bits per heavy atom. The van der Waals surface area contributed by atoms with Gasteiger partial charge in [0, 0.05) is 11.5 Å². The first-order valence-corrected chi connectivity index (χ1v) is 8.26. The van der Waals surface area contributed by atoms with E-state index >= 15 is 0 Å². The Labute approximate surface area is 151 Å². The number of hydrogen-bond acceptors (Lipinski definition) is 5. The topological polar surface area (TPSA) is 91.1 Å². The summed E-state index contributed by atoms with van der Waals surface area (Å²) < 4.78 is 5.39. The monoisotopic (exact) mass is 350 g/mol. The van der Waals surface area contributed by atoms with Crippen molar-refractivity contribution in [3.8, 4) is 5.75 Å². The molecule has 0 aliphatic carbocycles. The highest BCUT2D eigenvalue weighted by molar-refractivity contribution is 5.95. The number of para-hydroxylation sites is 1. The van der Waals surface area contributed by atoms with Crippen LogP contribution in [-0.4, -0.2) is 28.5 Å². The maximum Gasteiger partial charge on any atom is 0.232 e. The molecule has 0 fully saturated rings. The van der Waals surface area contributed by atoms with Crippen molar-refractivity contribution in [2.75, 3.05) is 12.4 Å². The van der Waals surface area contributed by atoms with Crippen molar-refractivity contribution in [2.45, 2.75) is 26.2 Å². The molecule has 1 amide bonds. The van der Waals surface area contributed by atoms with Crippen LogP contribution >= 0.6 is 0 Å². The molecular formula is C19H20N5O2-. The average Bonchev–Trinajstić information content (AvgIpc) is 3.13. The van der Waals surface area contributed by atoms with Crippen LogP contribution in [0, 0.1) is 13.8 Å². The van der Waals surface area contributed by atoms with Crippen LogP contribution in [0.4, 0.5) is 5.69 Å². The molecule has 0 radical (unpaired) electrons. The number of aryl methyl sites for hydroxylation is 2. The van der Waals surface area contributed by atoms with E-state index < -0.39 is 5.92 Å². The van der Waals surface area contributed by atoms with Crippen molar-refractivity contribution in [3.63, 3.8) is 0 Å². The number of nitrogens with one attached hydrogen (secondary N) is 1. The van der Waals surface area contributed by atoms with Gasteiger partial charge in [-0.2, -0.15) is 5.21 Å². The minimum Gasteiger partial charge on any atom is -0.496 e. The van der Waals surface area contributed by atoms with E-state index in [-0.39, 0.29) is 11.7 Å². The van der Waals surface area contributed by atoms with E-state index in [9.17, 15) is 4.79 Å². The van der Waals surface area contributed by atoms with Gasteiger partial charge in [0.1, 0.15) is 5.75 Å². The lowest BCUT2D eigenvalue weighted by Gasteiger charge is -2.19. The van der Waals surface area contributed by atoms with Crippen molar-refractivity contribution in [2.24, 2.45) is 0 Å². The van der Waals surface area contributed by atoms with Crippen molar-refractivity contribution in [3.05, 3.63) is 65.0 Å². The lowest BCUT2D eigenvalue weighted by Crippen LogP contribution is -2.24. The highest BCUT2D eigenvalue weighted by atomic mass is 16.5. The third-order valence-electron chi connectivity index (χ3n) is 4.07. The Balaban J connectivity index is 1.87. The molecule has 26 heavy (non-hydrogen) atoms. The quantitative estimate of drug-likeness (QED) is 0.734. The van der Waals surface area contributed by atoms with Gasteiger partial charge in [0.05, 0.1) is 13.0 Å². The molecule has 1 aromatic heterocycles. The number of ether oxygens (including phenoxy) is 1. The lowest BCUT2D eigenvalue weighted by atomic mass is 9.96. The first-order chi connectivity index (χ1) is 12.6. The molecule has 0 aliphatic rings. The summed E-state index contributed by atoms with van der Waals surface area (Å²) in [4.78, 5) is 13.0. The van der Waals surface area contributed by atoms with Gasteiger partial charge in [-0.15, -0.1) is 0 Å². The van der Waals surface area contributed by atoms with Gasteiger partial charge in [-0.25, -0.2) is 0 Å². The maximum atomic E-state index is 13.0. The normalized spacial score (nSPS) is 11.8. The molecule has 0 saturated carbocycles. The fourth-order valence-corrected chi connectivity index (χ4v) is 2.96. The largest absolute Gasteiger partial charge is 0.496 e. The number of anilines is 1. The molecular weight excluding hydrogens is 330 g/mol. The number of rotatable bonds is 6. The van der Waals surface area contributed by atoms with Gasteiger partial charge in [-0.3, -0.25) is 15.1 Å². The zero-order valence-electron chi connectivity index (χ0n) is 14.9. The number of carbonyl (C=O) groups excluding carboxylic acids is 1. The van der Waals surface area contributed by atoms with Crippen molar-refractivity contribution in [1.82, 2.24) is 20.6 Å². The van der Waals surface area contributed by atoms with Crippen LogP contribution < -0.4 is 15.2 Å². The van der Waals surface area contributed by atoms with Crippen molar-refractivity contribution >= 4 is 11.6 Å². The zero-order valence-corrected chi connectivity index (χ0v) is 14.9. The van der Waals surface area contributed by atoms with Gasteiger partial charge in [-0.05, 0) is 55.2 Å². The molecule has 7 nitrogen and oxygen atoms in total. The molecule has 1 N–H and O–H groups in total. The van der Waals surface area contributed by atoms with Gasteiger partial charge in [0.25, 0.3) is 0 Å². The molecule has 0 saturated heterocycles. The Morgan fingerprint density at radius 2 is 1.92 bits per heavy atom. The third-order valence-corrected chi connectivity index (χ3v) is 4.07. The smallest absolute Gasteiger partial charge is 0.232 e. The summed E-state index contributed by atoms with van der Waals surface area (Å²) in [5.74, 6) is 0.166. The van der Waals surface area contributed by atoms with E-state index in [1.807, 2.05) is 50.2 Å². The Hall–Kier alpha value is -3.22. The predicted octanol–water partition coefficient (Wildman–Crippen LogP) is 2.42. The lowest BCUT2D eigenvalue weighted by molar-refractivity contribution is -0.117. The average molecular weight is 350 g/mol. The molecule has 1 atom stereocenters. The minimum absolute atomic E-state index is 0.212. The standard InChI is InChI=1S/C19H21N5O2/c1-12-8-13(2)10-15(9-12)20-19(25)16(18-21-23-24-22-18)11-14-6-4-5-7-17(14)26-3/h4-10,16H,11H2,1-3H3,(H2,20,21,22,23,24,25)/p-1/t16-/m0/s1. The first-order valence-electron chi connectivity index (χ1n) is 8.26. The van der Waals surface area contributed by atoms with Gasteiger partial charge in [-0.1, -0.05) is 24.3 Å². The maximum absolute atomic E-state index is 13.0. The molecule has 3 aromatic rings. The highest BCUT2D eigenvalue weighted by Crippen LogP contribution is 2.26.